The van der Waals surface area contributed by atoms with Crippen molar-refractivity contribution in [2.75, 3.05) is 7.11 Å². The lowest BCUT2D eigenvalue weighted by molar-refractivity contribution is 0.178. The van der Waals surface area contributed by atoms with Crippen LogP contribution >= 0.6 is 0 Å². The number of rotatable bonds is 4. The Bertz CT molecular complexity index is 658. The van der Waals surface area contributed by atoms with Gasteiger partial charge in [-0.15, -0.1) is 0 Å². The molecule has 0 unspecified atom stereocenters. The molecule has 0 aliphatic carbocycles. The van der Waals surface area contributed by atoms with Crippen molar-refractivity contribution < 1.29 is 4.74 Å². The minimum atomic E-state index is 0.409. The minimum Gasteiger partial charge on any atom is -0.377 e. The molecule has 0 bridgehead atoms. The molecule has 6 heteroatoms. The Morgan fingerprint density at radius 1 is 1.26 bits per heavy atom. The Kier molecular flexibility index (Phi) is 3.07. The van der Waals surface area contributed by atoms with Crippen LogP contribution in [0.2, 0.25) is 0 Å². The van der Waals surface area contributed by atoms with Gasteiger partial charge in [0.2, 0.25) is 5.82 Å². The summed E-state index contributed by atoms with van der Waals surface area (Å²) >= 11 is 0. The molecule has 0 amide bonds. The van der Waals surface area contributed by atoms with E-state index in [1.54, 1.807) is 13.4 Å². The van der Waals surface area contributed by atoms with Crippen molar-refractivity contribution in [2.45, 2.75) is 6.61 Å². The quantitative estimate of drug-likeness (QED) is 0.772. The fraction of sp³-hybridized carbons (Fsp3) is 0.154. The molecule has 1 N–H and O–H groups in total. The van der Waals surface area contributed by atoms with Gasteiger partial charge in [-0.2, -0.15) is 5.10 Å². The van der Waals surface area contributed by atoms with E-state index < -0.39 is 0 Å². The van der Waals surface area contributed by atoms with Gasteiger partial charge in [-0.1, -0.05) is 18.2 Å². The van der Waals surface area contributed by atoms with Gasteiger partial charge >= 0.3 is 0 Å². The highest BCUT2D eigenvalue weighted by Gasteiger charge is 2.09. The van der Waals surface area contributed by atoms with Crippen molar-refractivity contribution in [3.63, 3.8) is 0 Å². The number of nitrogens with one attached hydrogen (secondary N) is 1. The van der Waals surface area contributed by atoms with Crippen molar-refractivity contribution in [1.82, 2.24) is 24.7 Å². The third-order valence-electron chi connectivity index (χ3n) is 2.68. The maximum absolute atomic E-state index is 4.99. The molecule has 0 spiro atoms. The SMILES string of the molecule is COCc1nc(-c2cn(-c3ccccc3)cn2)n[nH]1. The average Bonchev–Trinajstić information content (AvgIpc) is 3.08. The first-order valence-corrected chi connectivity index (χ1v) is 5.87. The van der Waals surface area contributed by atoms with Gasteiger partial charge in [0.15, 0.2) is 5.82 Å². The van der Waals surface area contributed by atoms with Crippen LogP contribution in [0.1, 0.15) is 5.82 Å². The predicted molar refractivity (Wildman–Crippen MR) is 69.7 cm³/mol. The molecule has 0 fully saturated rings. The van der Waals surface area contributed by atoms with Crippen LogP contribution in [0.25, 0.3) is 17.2 Å². The molecule has 3 rings (SSSR count). The summed E-state index contributed by atoms with van der Waals surface area (Å²) in [4.78, 5) is 8.62. The molecule has 3 aromatic rings. The van der Waals surface area contributed by atoms with E-state index in [4.69, 9.17) is 4.74 Å². The summed E-state index contributed by atoms with van der Waals surface area (Å²) in [6.07, 6.45) is 3.64. The predicted octanol–water partition coefficient (Wildman–Crippen LogP) is 1.80. The lowest BCUT2D eigenvalue weighted by Crippen LogP contribution is -1.89. The Labute approximate surface area is 110 Å². The fourth-order valence-electron chi connectivity index (χ4n) is 1.79. The van der Waals surface area contributed by atoms with Gasteiger partial charge < -0.3 is 9.30 Å². The maximum Gasteiger partial charge on any atom is 0.201 e. The smallest absolute Gasteiger partial charge is 0.201 e. The van der Waals surface area contributed by atoms with Gasteiger partial charge in [-0.25, -0.2) is 9.97 Å². The van der Waals surface area contributed by atoms with Crippen LogP contribution in [0.3, 0.4) is 0 Å². The number of nitrogens with zero attached hydrogens (tertiary/aromatic N) is 4. The van der Waals surface area contributed by atoms with Crippen molar-refractivity contribution >= 4 is 0 Å². The minimum absolute atomic E-state index is 0.409. The second-order valence-corrected chi connectivity index (χ2v) is 4.04. The lowest BCUT2D eigenvalue weighted by Gasteiger charge is -1.98. The molecule has 0 saturated carbocycles. The van der Waals surface area contributed by atoms with Crippen LogP contribution in [0, 0.1) is 0 Å². The Balaban J connectivity index is 1.88. The number of aromatic amines is 1. The van der Waals surface area contributed by atoms with E-state index in [1.165, 1.54) is 0 Å². The zero-order chi connectivity index (χ0) is 13.1. The highest BCUT2D eigenvalue weighted by molar-refractivity contribution is 5.48. The molecule has 0 atom stereocenters. The summed E-state index contributed by atoms with van der Waals surface area (Å²) < 4.78 is 6.92. The van der Waals surface area contributed by atoms with Crippen LogP contribution in [-0.2, 0) is 11.3 Å². The first-order chi connectivity index (χ1) is 9.36. The molecule has 0 aliphatic heterocycles. The van der Waals surface area contributed by atoms with Gasteiger partial charge in [-0.05, 0) is 12.1 Å². The molecule has 0 saturated heterocycles. The van der Waals surface area contributed by atoms with Crippen molar-refractivity contribution in [2.24, 2.45) is 0 Å². The molecule has 6 nitrogen and oxygen atoms in total. The number of benzene rings is 1. The van der Waals surface area contributed by atoms with Crippen molar-refractivity contribution in [3.8, 4) is 17.2 Å². The first kappa shape index (κ1) is 11.6. The van der Waals surface area contributed by atoms with Gasteiger partial charge in [0.05, 0.1) is 0 Å². The Morgan fingerprint density at radius 3 is 2.89 bits per heavy atom. The third kappa shape index (κ3) is 2.38. The zero-order valence-corrected chi connectivity index (χ0v) is 10.4. The van der Waals surface area contributed by atoms with Gasteiger partial charge in [-0.3, -0.25) is 5.10 Å². The van der Waals surface area contributed by atoms with E-state index >= 15 is 0 Å². The number of methoxy groups -OCH3 is 1. The summed E-state index contributed by atoms with van der Waals surface area (Å²) in [5.74, 6) is 1.26. The van der Waals surface area contributed by atoms with Crippen molar-refractivity contribution in [1.29, 1.82) is 0 Å². The molecule has 1 aromatic carbocycles. The highest BCUT2D eigenvalue weighted by atomic mass is 16.5. The highest BCUT2D eigenvalue weighted by Crippen LogP contribution is 2.15. The number of ether oxygens (including phenoxy) is 1. The summed E-state index contributed by atoms with van der Waals surface area (Å²) in [5.41, 5.74) is 1.77. The van der Waals surface area contributed by atoms with E-state index in [1.807, 2.05) is 41.1 Å². The number of imidazole rings is 1. The lowest BCUT2D eigenvalue weighted by atomic mass is 10.3. The molecule has 2 heterocycles. The molecular weight excluding hydrogens is 242 g/mol. The summed E-state index contributed by atoms with van der Waals surface area (Å²) in [7, 11) is 1.62. The maximum atomic E-state index is 4.99. The van der Waals surface area contributed by atoms with Crippen LogP contribution in [0.5, 0.6) is 0 Å². The van der Waals surface area contributed by atoms with E-state index in [0.717, 1.165) is 11.4 Å². The van der Waals surface area contributed by atoms with E-state index in [2.05, 4.69) is 20.2 Å². The Morgan fingerprint density at radius 2 is 2.11 bits per heavy atom. The van der Waals surface area contributed by atoms with Crippen LogP contribution in [0.4, 0.5) is 0 Å². The average molecular weight is 255 g/mol. The second-order valence-electron chi connectivity index (χ2n) is 4.04. The zero-order valence-electron chi connectivity index (χ0n) is 10.4. The van der Waals surface area contributed by atoms with Crippen LogP contribution in [-0.4, -0.2) is 31.8 Å². The van der Waals surface area contributed by atoms with E-state index in [9.17, 15) is 0 Å². The largest absolute Gasteiger partial charge is 0.377 e. The van der Waals surface area contributed by atoms with Crippen LogP contribution < -0.4 is 0 Å². The molecule has 0 radical (unpaired) electrons. The fourth-order valence-corrected chi connectivity index (χ4v) is 1.79. The van der Waals surface area contributed by atoms with Gasteiger partial charge in [0.25, 0.3) is 0 Å². The Hall–Kier alpha value is -2.47. The third-order valence-corrected chi connectivity index (χ3v) is 2.68. The number of hydrogen-bond donors (Lipinski definition) is 1. The van der Waals surface area contributed by atoms with E-state index in [-0.39, 0.29) is 0 Å². The normalized spacial score (nSPS) is 10.8. The number of aromatic nitrogens is 5. The molecular formula is C13H13N5O. The monoisotopic (exact) mass is 255 g/mol. The van der Waals surface area contributed by atoms with Crippen LogP contribution in [0.15, 0.2) is 42.9 Å². The molecule has 96 valence electrons. The second kappa shape index (κ2) is 5.03. The number of hydrogen-bond acceptors (Lipinski definition) is 4. The first-order valence-electron chi connectivity index (χ1n) is 5.87. The number of H-pyrrole nitrogens is 1. The summed E-state index contributed by atoms with van der Waals surface area (Å²) in [6, 6.07) is 9.98. The summed E-state index contributed by atoms with van der Waals surface area (Å²) in [5, 5.41) is 6.94. The standard InChI is InChI=1S/C13H13N5O/c1-19-8-12-15-13(17-16-12)11-7-18(9-14-11)10-5-3-2-4-6-10/h2-7,9H,8H2,1H3,(H,15,16,17). The molecule has 2 aromatic heterocycles. The molecule has 19 heavy (non-hydrogen) atoms. The number of para-hydroxylation sites is 1. The van der Waals surface area contributed by atoms with Gasteiger partial charge in [0.1, 0.15) is 18.6 Å². The summed E-state index contributed by atoms with van der Waals surface area (Å²) in [6.45, 7) is 0.409. The van der Waals surface area contributed by atoms with E-state index in [0.29, 0.717) is 18.3 Å². The molecule has 0 aliphatic rings. The van der Waals surface area contributed by atoms with Crippen molar-refractivity contribution in [3.05, 3.63) is 48.7 Å². The van der Waals surface area contributed by atoms with Gasteiger partial charge in [0, 0.05) is 19.0 Å². The topological polar surface area (TPSA) is 68.6 Å².